The number of carboxylic acids is 1. The minimum Gasteiger partial charge on any atom is -0.481 e. The lowest BCUT2D eigenvalue weighted by molar-refractivity contribution is -0.137. The van der Waals surface area contributed by atoms with Crippen LogP contribution >= 0.6 is 11.3 Å². The maximum atomic E-state index is 13.3. The number of carboxylic acid groups (broad SMARTS) is 1. The molecular weight excluding hydrogens is 296 g/mol. The maximum absolute atomic E-state index is 13.3. The molecule has 0 saturated heterocycles. The summed E-state index contributed by atoms with van der Waals surface area (Å²) >= 11 is 1.46. The molecule has 2 rings (SSSR count). The normalized spacial score (nSPS) is 13.9. The predicted octanol–water partition coefficient (Wildman–Crippen LogP) is 3.89. The van der Waals surface area contributed by atoms with Gasteiger partial charge in [0.2, 0.25) is 0 Å². The molecule has 3 nitrogen and oxygen atoms in total. The first kappa shape index (κ1) is 15.6. The lowest BCUT2D eigenvalue weighted by Crippen LogP contribution is -2.26. The third-order valence-corrected chi connectivity index (χ3v) is 4.15. The molecule has 2 atom stereocenters. The SMILES string of the molecule is CC(NC(CC(=O)O)c1cccs1)c1ccc(F)c(F)c1. The van der Waals surface area contributed by atoms with Crippen molar-refractivity contribution in [1.82, 2.24) is 5.32 Å². The van der Waals surface area contributed by atoms with E-state index in [2.05, 4.69) is 5.32 Å². The van der Waals surface area contributed by atoms with Crippen LogP contribution in [-0.2, 0) is 4.79 Å². The Morgan fingerprint density at radius 1 is 1.33 bits per heavy atom. The van der Waals surface area contributed by atoms with Crippen molar-refractivity contribution in [3.8, 4) is 0 Å². The van der Waals surface area contributed by atoms with Crippen molar-refractivity contribution in [1.29, 1.82) is 0 Å². The molecule has 0 aliphatic heterocycles. The summed E-state index contributed by atoms with van der Waals surface area (Å²) in [6.07, 6.45) is -0.0749. The molecule has 2 N–H and O–H groups in total. The maximum Gasteiger partial charge on any atom is 0.305 e. The van der Waals surface area contributed by atoms with Crippen LogP contribution in [0.4, 0.5) is 8.78 Å². The Hall–Kier alpha value is -1.79. The van der Waals surface area contributed by atoms with Gasteiger partial charge in [-0.3, -0.25) is 4.79 Å². The monoisotopic (exact) mass is 311 g/mol. The molecule has 0 spiro atoms. The average Bonchev–Trinajstić information content (AvgIpc) is 2.94. The van der Waals surface area contributed by atoms with Gasteiger partial charge >= 0.3 is 5.97 Å². The van der Waals surface area contributed by atoms with Gasteiger partial charge in [0.15, 0.2) is 11.6 Å². The summed E-state index contributed by atoms with van der Waals surface area (Å²) in [6, 6.07) is 6.71. The number of nitrogens with one attached hydrogen (secondary N) is 1. The van der Waals surface area contributed by atoms with Crippen LogP contribution in [0.25, 0.3) is 0 Å². The van der Waals surface area contributed by atoms with Gasteiger partial charge in [0.05, 0.1) is 12.5 Å². The van der Waals surface area contributed by atoms with Crippen LogP contribution in [0.2, 0.25) is 0 Å². The van der Waals surface area contributed by atoms with E-state index in [4.69, 9.17) is 5.11 Å². The Morgan fingerprint density at radius 2 is 2.10 bits per heavy atom. The van der Waals surface area contributed by atoms with Crippen LogP contribution in [0.15, 0.2) is 35.7 Å². The smallest absolute Gasteiger partial charge is 0.305 e. The Labute approximate surface area is 125 Å². The number of hydrogen-bond acceptors (Lipinski definition) is 3. The highest BCUT2D eigenvalue weighted by atomic mass is 32.1. The van der Waals surface area contributed by atoms with E-state index >= 15 is 0 Å². The fourth-order valence-electron chi connectivity index (χ4n) is 2.09. The number of carbonyl (C=O) groups is 1. The first-order valence-electron chi connectivity index (χ1n) is 6.43. The Kier molecular flexibility index (Phi) is 5.03. The van der Waals surface area contributed by atoms with Crippen molar-refractivity contribution < 1.29 is 18.7 Å². The van der Waals surface area contributed by atoms with Gasteiger partial charge in [0.25, 0.3) is 0 Å². The topological polar surface area (TPSA) is 49.3 Å². The van der Waals surface area contributed by atoms with E-state index in [0.717, 1.165) is 17.0 Å². The van der Waals surface area contributed by atoms with Gasteiger partial charge in [-0.2, -0.15) is 0 Å². The fraction of sp³-hybridized carbons (Fsp3) is 0.267. The van der Waals surface area contributed by atoms with Crippen LogP contribution in [0, 0.1) is 11.6 Å². The number of aliphatic carboxylic acids is 1. The van der Waals surface area contributed by atoms with E-state index in [-0.39, 0.29) is 18.5 Å². The number of halogens is 2. The van der Waals surface area contributed by atoms with E-state index in [1.54, 1.807) is 6.92 Å². The van der Waals surface area contributed by atoms with Crippen molar-refractivity contribution in [3.05, 3.63) is 57.8 Å². The van der Waals surface area contributed by atoms with Gasteiger partial charge in [0, 0.05) is 10.9 Å². The van der Waals surface area contributed by atoms with Gasteiger partial charge < -0.3 is 10.4 Å². The van der Waals surface area contributed by atoms with Crippen LogP contribution < -0.4 is 5.32 Å². The zero-order valence-electron chi connectivity index (χ0n) is 11.3. The van der Waals surface area contributed by atoms with Crippen molar-refractivity contribution in [2.24, 2.45) is 0 Å². The summed E-state index contributed by atoms with van der Waals surface area (Å²) in [5, 5.41) is 14.0. The number of thiophene rings is 1. The van der Waals surface area contributed by atoms with Gasteiger partial charge in [-0.25, -0.2) is 8.78 Å². The number of rotatable bonds is 6. The number of benzene rings is 1. The van der Waals surface area contributed by atoms with E-state index in [1.165, 1.54) is 17.4 Å². The molecule has 2 unspecified atom stereocenters. The largest absolute Gasteiger partial charge is 0.481 e. The molecule has 0 bridgehead atoms. The molecule has 0 aliphatic carbocycles. The van der Waals surface area contributed by atoms with Crippen molar-refractivity contribution in [3.63, 3.8) is 0 Å². The second kappa shape index (κ2) is 6.78. The highest BCUT2D eigenvalue weighted by Crippen LogP contribution is 2.26. The summed E-state index contributed by atoms with van der Waals surface area (Å²) in [5.74, 6) is -2.73. The molecule has 2 aromatic rings. The molecule has 112 valence electrons. The molecule has 1 aromatic carbocycles. The third-order valence-electron chi connectivity index (χ3n) is 3.16. The van der Waals surface area contributed by atoms with E-state index in [9.17, 15) is 13.6 Å². The predicted molar refractivity (Wildman–Crippen MR) is 77.2 cm³/mol. The molecule has 1 aromatic heterocycles. The quantitative estimate of drug-likeness (QED) is 0.851. The zero-order valence-corrected chi connectivity index (χ0v) is 12.2. The standard InChI is InChI=1S/C15H15F2NO2S/c1-9(10-4-5-11(16)12(17)7-10)18-13(8-15(19)20)14-3-2-6-21-14/h2-7,9,13,18H,8H2,1H3,(H,19,20). The second-order valence-corrected chi connectivity index (χ2v) is 5.71. The molecular formula is C15H15F2NO2S. The van der Waals surface area contributed by atoms with Crippen LogP contribution in [0.3, 0.4) is 0 Å². The van der Waals surface area contributed by atoms with Crippen molar-refractivity contribution in [2.75, 3.05) is 0 Å². The van der Waals surface area contributed by atoms with Crippen LogP contribution in [0.1, 0.15) is 35.9 Å². The van der Waals surface area contributed by atoms with Gasteiger partial charge in [-0.05, 0) is 36.1 Å². The first-order valence-corrected chi connectivity index (χ1v) is 7.31. The third kappa shape index (κ3) is 4.09. The summed E-state index contributed by atoms with van der Waals surface area (Å²) in [6.45, 7) is 1.79. The Bertz CT molecular complexity index is 616. The fourth-order valence-corrected chi connectivity index (χ4v) is 2.87. The Balaban J connectivity index is 2.15. The first-order chi connectivity index (χ1) is 9.97. The van der Waals surface area contributed by atoms with Gasteiger partial charge in [-0.1, -0.05) is 12.1 Å². The molecule has 21 heavy (non-hydrogen) atoms. The van der Waals surface area contributed by atoms with Crippen molar-refractivity contribution >= 4 is 17.3 Å². The lowest BCUT2D eigenvalue weighted by atomic mass is 10.1. The number of hydrogen-bond donors (Lipinski definition) is 2. The molecule has 1 heterocycles. The zero-order chi connectivity index (χ0) is 15.4. The summed E-state index contributed by atoms with van der Waals surface area (Å²) in [7, 11) is 0. The molecule has 0 saturated carbocycles. The summed E-state index contributed by atoms with van der Waals surface area (Å²) in [5.41, 5.74) is 0.570. The minimum absolute atomic E-state index is 0.0749. The van der Waals surface area contributed by atoms with E-state index < -0.39 is 17.6 Å². The van der Waals surface area contributed by atoms with Gasteiger partial charge in [0.1, 0.15) is 0 Å². The minimum atomic E-state index is -0.918. The lowest BCUT2D eigenvalue weighted by Gasteiger charge is -2.21. The summed E-state index contributed by atoms with van der Waals surface area (Å²) < 4.78 is 26.2. The van der Waals surface area contributed by atoms with Crippen LogP contribution in [-0.4, -0.2) is 11.1 Å². The molecule has 0 amide bonds. The van der Waals surface area contributed by atoms with Gasteiger partial charge in [-0.15, -0.1) is 11.3 Å². The summed E-state index contributed by atoms with van der Waals surface area (Å²) in [4.78, 5) is 11.9. The van der Waals surface area contributed by atoms with Crippen LogP contribution in [0.5, 0.6) is 0 Å². The molecule has 0 fully saturated rings. The second-order valence-electron chi connectivity index (χ2n) is 4.73. The van der Waals surface area contributed by atoms with E-state index in [0.29, 0.717) is 5.56 Å². The van der Waals surface area contributed by atoms with E-state index in [1.807, 2.05) is 17.5 Å². The highest BCUT2D eigenvalue weighted by Gasteiger charge is 2.20. The van der Waals surface area contributed by atoms with Crippen molar-refractivity contribution in [2.45, 2.75) is 25.4 Å². The molecule has 0 aliphatic rings. The Morgan fingerprint density at radius 3 is 2.67 bits per heavy atom. The molecule has 0 radical (unpaired) electrons. The molecule has 6 heteroatoms. The highest BCUT2D eigenvalue weighted by molar-refractivity contribution is 7.10. The average molecular weight is 311 g/mol.